The molecule has 1 aliphatic heterocycles. The fraction of sp³-hybridized carbons (Fsp3) is 0.455. The summed E-state index contributed by atoms with van der Waals surface area (Å²) in [7, 11) is 0. The highest BCUT2D eigenvalue weighted by atomic mass is 15.2. The Morgan fingerprint density at radius 2 is 2.04 bits per heavy atom. The first-order chi connectivity index (χ1) is 12.3. The van der Waals surface area contributed by atoms with Crippen LogP contribution in [-0.4, -0.2) is 11.5 Å². The van der Waals surface area contributed by atoms with Gasteiger partial charge in [-0.15, -0.1) is 0 Å². The molecule has 3 aliphatic rings. The smallest absolute Gasteiger partial charge is 0.0894 e. The number of pyridine rings is 1. The topological polar surface area (TPSA) is 39.9 Å². The van der Waals surface area contributed by atoms with Crippen molar-refractivity contribution in [1.29, 1.82) is 5.26 Å². The van der Waals surface area contributed by atoms with E-state index in [9.17, 15) is 5.26 Å². The van der Waals surface area contributed by atoms with Crippen LogP contribution >= 0.6 is 0 Å². The van der Waals surface area contributed by atoms with Gasteiger partial charge >= 0.3 is 0 Å². The molecule has 2 aromatic rings. The SMILES string of the molecule is N#CC1(C2CCCCC2)Cc2cc3c(cc21)N(c1cccnc1)CC3. The number of fused-ring (bicyclic) bond motifs is 2. The van der Waals surface area contributed by atoms with E-state index in [1.807, 2.05) is 18.5 Å². The lowest BCUT2D eigenvalue weighted by molar-refractivity contribution is 0.227. The van der Waals surface area contributed by atoms with Gasteiger partial charge in [-0.05, 0) is 66.5 Å². The Hall–Kier alpha value is -2.34. The summed E-state index contributed by atoms with van der Waals surface area (Å²) in [5.41, 5.74) is 6.38. The fourth-order valence-electron chi connectivity index (χ4n) is 5.27. The molecule has 0 N–H and O–H groups in total. The lowest BCUT2D eigenvalue weighted by Crippen LogP contribution is -2.45. The molecule has 0 spiro atoms. The number of hydrogen-bond acceptors (Lipinski definition) is 3. The molecule has 1 saturated carbocycles. The van der Waals surface area contributed by atoms with Crippen molar-refractivity contribution in [3.8, 4) is 6.07 Å². The zero-order chi connectivity index (χ0) is 16.9. The van der Waals surface area contributed by atoms with Crippen LogP contribution in [0.3, 0.4) is 0 Å². The van der Waals surface area contributed by atoms with Crippen molar-refractivity contribution in [3.63, 3.8) is 0 Å². The number of nitrogens with zero attached hydrogens (tertiary/aromatic N) is 3. The number of hydrogen-bond donors (Lipinski definition) is 0. The van der Waals surface area contributed by atoms with Crippen LogP contribution in [0.25, 0.3) is 0 Å². The third-order valence-corrected chi connectivity index (χ3v) is 6.61. The van der Waals surface area contributed by atoms with E-state index in [4.69, 9.17) is 0 Å². The maximum absolute atomic E-state index is 10.1. The van der Waals surface area contributed by atoms with E-state index in [0.717, 1.165) is 25.1 Å². The standard InChI is InChI=1S/C22H23N3/c23-15-22(18-5-2-1-3-6-18)13-17-11-16-8-10-25(21(16)12-20(17)22)19-7-4-9-24-14-19/h4,7,9,11-12,14,18H,1-3,5-6,8,10,13H2. The van der Waals surface area contributed by atoms with Crippen molar-refractivity contribution in [2.45, 2.75) is 50.4 Å². The monoisotopic (exact) mass is 329 g/mol. The third-order valence-electron chi connectivity index (χ3n) is 6.61. The van der Waals surface area contributed by atoms with E-state index < -0.39 is 0 Å². The summed E-state index contributed by atoms with van der Waals surface area (Å²) in [5, 5.41) is 10.1. The lowest BCUT2D eigenvalue weighted by Gasteiger charge is -2.46. The Balaban J connectivity index is 1.55. The highest BCUT2D eigenvalue weighted by Crippen LogP contribution is 2.53. The van der Waals surface area contributed by atoms with Gasteiger partial charge in [-0.2, -0.15) is 5.26 Å². The zero-order valence-electron chi connectivity index (χ0n) is 14.5. The summed E-state index contributed by atoms with van der Waals surface area (Å²) in [6.45, 7) is 1.01. The highest BCUT2D eigenvalue weighted by Gasteiger charge is 2.50. The average Bonchev–Trinajstić information content (AvgIpc) is 3.08. The van der Waals surface area contributed by atoms with E-state index in [-0.39, 0.29) is 5.41 Å². The summed E-state index contributed by atoms with van der Waals surface area (Å²) in [4.78, 5) is 6.65. The molecule has 2 heterocycles. The molecule has 3 heteroatoms. The Morgan fingerprint density at radius 1 is 1.16 bits per heavy atom. The minimum Gasteiger partial charge on any atom is -0.340 e. The summed E-state index contributed by atoms with van der Waals surface area (Å²) in [5.74, 6) is 0.546. The van der Waals surface area contributed by atoms with Gasteiger partial charge in [0.15, 0.2) is 0 Å². The van der Waals surface area contributed by atoms with Gasteiger partial charge in [-0.1, -0.05) is 25.3 Å². The molecule has 1 fully saturated rings. The fourth-order valence-corrected chi connectivity index (χ4v) is 5.27. The van der Waals surface area contributed by atoms with Crippen LogP contribution in [0.15, 0.2) is 36.7 Å². The normalized spacial score (nSPS) is 25.0. The number of anilines is 2. The Morgan fingerprint density at radius 3 is 2.80 bits per heavy atom. The van der Waals surface area contributed by atoms with Crippen molar-refractivity contribution >= 4 is 11.4 Å². The van der Waals surface area contributed by atoms with E-state index in [2.05, 4.69) is 34.2 Å². The Labute approximate surface area is 149 Å². The minimum absolute atomic E-state index is 0.228. The minimum atomic E-state index is -0.228. The first-order valence-corrected chi connectivity index (χ1v) is 9.57. The quantitative estimate of drug-likeness (QED) is 0.803. The molecule has 5 rings (SSSR count). The van der Waals surface area contributed by atoms with Crippen LogP contribution < -0.4 is 4.90 Å². The predicted octanol–water partition coefficient (Wildman–Crippen LogP) is 4.67. The van der Waals surface area contributed by atoms with Crippen molar-refractivity contribution in [3.05, 3.63) is 53.3 Å². The summed E-state index contributed by atoms with van der Waals surface area (Å²) in [6, 6.07) is 11.6. The maximum atomic E-state index is 10.1. The number of nitriles is 1. The predicted molar refractivity (Wildman–Crippen MR) is 99.0 cm³/mol. The van der Waals surface area contributed by atoms with Gasteiger partial charge in [-0.25, -0.2) is 0 Å². The second-order valence-electron chi connectivity index (χ2n) is 7.85. The van der Waals surface area contributed by atoms with E-state index in [1.165, 1.54) is 54.5 Å². The molecule has 0 bridgehead atoms. The molecular formula is C22H23N3. The molecule has 25 heavy (non-hydrogen) atoms. The van der Waals surface area contributed by atoms with Crippen LogP contribution in [0.2, 0.25) is 0 Å². The molecule has 1 aromatic heterocycles. The van der Waals surface area contributed by atoms with Crippen molar-refractivity contribution in [2.75, 3.05) is 11.4 Å². The van der Waals surface area contributed by atoms with Crippen molar-refractivity contribution < 1.29 is 0 Å². The molecule has 1 unspecified atom stereocenters. The molecule has 1 atom stereocenters. The Bertz CT molecular complexity index is 846. The van der Waals surface area contributed by atoms with E-state index in [1.54, 1.807) is 0 Å². The third kappa shape index (κ3) is 2.13. The summed E-state index contributed by atoms with van der Waals surface area (Å²) < 4.78 is 0. The first kappa shape index (κ1) is 15.0. The molecule has 126 valence electrons. The second-order valence-corrected chi connectivity index (χ2v) is 7.85. The molecule has 3 nitrogen and oxygen atoms in total. The number of benzene rings is 1. The number of rotatable bonds is 2. The molecular weight excluding hydrogens is 306 g/mol. The average molecular weight is 329 g/mol. The van der Waals surface area contributed by atoms with Gasteiger partial charge in [0.25, 0.3) is 0 Å². The van der Waals surface area contributed by atoms with E-state index in [0.29, 0.717) is 5.92 Å². The first-order valence-electron chi connectivity index (χ1n) is 9.57. The van der Waals surface area contributed by atoms with Crippen LogP contribution in [0.1, 0.15) is 48.8 Å². The molecule has 0 saturated heterocycles. The second kappa shape index (κ2) is 5.59. The molecule has 0 amide bonds. The van der Waals surface area contributed by atoms with Crippen LogP contribution in [0, 0.1) is 17.2 Å². The lowest BCUT2D eigenvalue weighted by atomic mass is 9.55. The molecule has 0 radical (unpaired) electrons. The van der Waals surface area contributed by atoms with Gasteiger partial charge in [-0.3, -0.25) is 4.98 Å². The van der Waals surface area contributed by atoms with Gasteiger partial charge in [0, 0.05) is 18.4 Å². The van der Waals surface area contributed by atoms with Gasteiger partial charge in [0.2, 0.25) is 0 Å². The highest BCUT2D eigenvalue weighted by molar-refractivity contribution is 5.73. The largest absolute Gasteiger partial charge is 0.340 e. The van der Waals surface area contributed by atoms with Crippen molar-refractivity contribution in [2.24, 2.45) is 5.92 Å². The molecule has 1 aromatic carbocycles. The zero-order valence-corrected chi connectivity index (χ0v) is 14.5. The van der Waals surface area contributed by atoms with Crippen LogP contribution in [0.4, 0.5) is 11.4 Å². The summed E-state index contributed by atoms with van der Waals surface area (Å²) >= 11 is 0. The molecule has 2 aliphatic carbocycles. The van der Waals surface area contributed by atoms with Gasteiger partial charge < -0.3 is 4.90 Å². The Kier molecular flexibility index (Phi) is 3.35. The van der Waals surface area contributed by atoms with Crippen LogP contribution in [-0.2, 0) is 18.3 Å². The van der Waals surface area contributed by atoms with Crippen molar-refractivity contribution in [1.82, 2.24) is 4.98 Å². The number of aromatic nitrogens is 1. The summed E-state index contributed by atoms with van der Waals surface area (Å²) in [6.07, 6.45) is 12.2. The van der Waals surface area contributed by atoms with Gasteiger partial charge in [0.1, 0.15) is 0 Å². The van der Waals surface area contributed by atoms with Gasteiger partial charge in [0.05, 0.1) is 23.4 Å². The van der Waals surface area contributed by atoms with Crippen LogP contribution in [0.5, 0.6) is 0 Å². The van der Waals surface area contributed by atoms with E-state index >= 15 is 0 Å². The maximum Gasteiger partial charge on any atom is 0.0894 e.